The first-order chi connectivity index (χ1) is 9.68. The van der Waals surface area contributed by atoms with Crippen molar-refractivity contribution in [1.29, 1.82) is 0 Å². The first-order valence-electron chi connectivity index (χ1n) is 5.45. The van der Waals surface area contributed by atoms with Gasteiger partial charge in [0.25, 0.3) is 0 Å². The molecule has 0 aliphatic rings. The maximum absolute atomic E-state index is 9.26. The molecule has 0 radical (unpaired) electrons. The minimum atomic E-state index is -3.77. The van der Waals surface area contributed by atoms with Crippen LogP contribution in [0.1, 0.15) is 5.56 Å². The van der Waals surface area contributed by atoms with Gasteiger partial charge in [0.15, 0.2) is 11.0 Å². The lowest BCUT2D eigenvalue weighted by molar-refractivity contribution is 0.375. The third-order valence-corrected chi connectivity index (χ3v) is 4.46. The molecule has 0 saturated heterocycles. The molecular formula is C11H10Cl3N3O3S. The van der Waals surface area contributed by atoms with Crippen LogP contribution < -0.4 is 5.32 Å². The number of benzene rings is 1. The Morgan fingerprint density at radius 1 is 1.10 bits per heavy atom. The molecule has 0 atom stereocenters. The van der Waals surface area contributed by atoms with Crippen molar-refractivity contribution in [2.45, 2.75) is 11.8 Å². The van der Waals surface area contributed by atoms with E-state index < -0.39 is 10.9 Å². The molecule has 0 amide bonds. The predicted octanol–water partition coefficient (Wildman–Crippen LogP) is 5.07. The predicted molar refractivity (Wildman–Crippen MR) is 85.3 cm³/mol. The fourth-order valence-electron chi connectivity index (χ4n) is 1.65. The van der Waals surface area contributed by atoms with Crippen LogP contribution in [-0.4, -0.2) is 23.6 Å². The number of anilines is 2. The van der Waals surface area contributed by atoms with Gasteiger partial charge >= 0.3 is 0 Å². The summed E-state index contributed by atoms with van der Waals surface area (Å²) in [6.45, 7) is 1.62. The molecule has 10 heteroatoms. The molecule has 4 N–H and O–H groups in total. The Balaban J connectivity index is 2.36. The maximum Gasteiger partial charge on any atom is 0.225 e. The van der Waals surface area contributed by atoms with Crippen molar-refractivity contribution in [1.82, 2.24) is 9.97 Å². The summed E-state index contributed by atoms with van der Waals surface area (Å²) in [4.78, 5) is 7.64. The van der Waals surface area contributed by atoms with Crippen LogP contribution in [0.3, 0.4) is 0 Å². The summed E-state index contributed by atoms with van der Waals surface area (Å²) >= 11 is 17.5. The van der Waals surface area contributed by atoms with Crippen LogP contribution in [0.2, 0.25) is 15.5 Å². The number of hydrogen-bond acceptors (Lipinski definition) is 6. The van der Waals surface area contributed by atoms with Gasteiger partial charge in [-0.2, -0.15) is 4.98 Å². The average Bonchev–Trinajstić information content (AvgIpc) is 2.33. The van der Waals surface area contributed by atoms with Crippen LogP contribution in [0, 0.1) is 6.92 Å². The largest absolute Gasteiger partial charge is 0.339 e. The van der Waals surface area contributed by atoms with Crippen LogP contribution in [0.15, 0.2) is 23.1 Å². The number of hydrogen-bond donors (Lipinski definition) is 4. The molecule has 0 fully saturated rings. The Hall–Kier alpha value is -0.800. The lowest BCUT2D eigenvalue weighted by atomic mass is 10.2. The van der Waals surface area contributed by atoms with Crippen molar-refractivity contribution < 1.29 is 13.7 Å². The topological polar surface area (TPSA) is 98.5 Å². The molecule has 0 bridgehead atoms. The molecule has 1 heterocycles. The molecule has 0 aliphatic carbocycles. The van der Waals surface area contributed by atoms with Crippen molar-refractivity contribution in [3.05, 3.63) is 39.2 Å². The number of aryl methyl sites for hydroxylation is 1. The zero-order chi connectivity index (χ0) is 15.8. The van der Waals surface area contributed by atoms with E-state index in [0.29, 0.717) is 11.3 Å². The second-order valence-electron chi connectivity index (χ2n) is 4.07. The van der Waals surface area contributed by atoms with E-state index in [2.05, 4.69) is 15.3 Å². The molecule has 1 aromatic carbocycles. The van der Waals surface area contributed by atoms with E-state index in [0.717, 1.165) is 0 Å². The average molecular weight is 371 g/mol. The highest BCUT2D eigenvalue weighted by Gasteiger charge is 2.18. The summed E-state index contributed by atoms with van der Waals surface area (Å²) < 4.78 is 27.8. The SMILES string of the molecule is Cc1cc(Nc2nc(Cl)nc(Cl)c2Cl)ccc1S(O)(O)O. The standard InChI is InChI=1S/C11H10Cl3N3O3S/c1-5-4-6(2-3-7(5)21(18,19)20)15-10-8(12)9(13)16-11(14)17-10/h2-4,18-20H,1H3,(H,15,16,17). The summed E-state index contributed by atoms with van der Waals surface area (Å²) in [5, 5.41) is 2.94. The monoisotopic (exact) mass is 369 g/mol. The van der Waals surface area contributed by atoms with Crippen molar-refractivity contribution in [2.75, 3.05) is 5.32 Å². The molecular weight excluding hydrogens is 361 g/mol. The van der Waals surface area contributed by atoms with E-state index in [1.165, 1.54) is 12.1 Å². The number of aromatic nitrogens is 2. The van der Waals surface area contributed by atoms with Crippen LogP contribution in [0.4, 0.5) is 11.5 Å². The lowest BCUT2D eigenvalue weighted by Crippen LogP contribution is -2.01. The molecule has 2 rings (SSSR count). The van der Waals surface area contributed by atoms with Crippen molar-refractivity contribution in [3.8, 4) is 0 Å². The summed E-state index contributed by atoms with van der Waals surface area (Å²) in [6, 6.07) is 4.48. The Morgan fingerprint density at radius 3 is 2.33 bits per heavy atom. The Labute approximate surface area is 137 Å². The van der Waals surface area contributed by atoms with E-state index in [1.807, 2.05) is 0 Å². The van der Waals surface area contributed by atoms with Gasteiger partial charge in [0.1, 0.15) is 15.9 Å². The Morgan fingerprint density at radius 2 is 1.76 bits per heavy atom. The molecule has 21 heavy (non-hydrogen) atoms. The Bertz CT molecular complexity index is 694. The van der Waals surface area contributed by atoms with Crippen molar-refractivity contribution in [2.24, 2.45) is 0 Å². The molecule has 114 valence electrons. The first kappa shape index (κ1) is 16.6. The number of nitrogens with zero attached hydrogens (tertiary/aromatic N) is 2. The van der Waals surface area contributed by atoms with E-state index >= 15 is 0 Å². The van der Waals surface area contributed by atoms with Gasteiger partial charge in [-0.3, -0.25) is 0 Å². The zero-order valence-corrected chi connectivity index (χ0v) is 13.6. The summed E-state index contributed by atoms with van der Waals surface area (Å²) in [6.07, 6.45) is 0. The smallest absolute Gasteiger partial charge is 0.225 e. The fourth-order valence-corrected chi connectivity index (χ4v) is 2.90. The van der Waals surface area contributed by atoms with Gasteiger partial charge in [-0.1, -0.05) is 23.2 Å². The van der Waals surface area contributed by atoms with E-state index in [4.69, 9.17) is 34.8 Å². The van der Waals surface area contributed by atoms with Gasteiger partial charge in [0.2, 0.25) is 5.28 Å². The normalized spacial score (nSPS) is 12.3. The quantitative estimate of drug-likeness (QED) is 0.444. The highest BCUT2D eigenvalue weighted by atomic mass is 35.5. The van der Waals surface area contributed by atoms with Crippen molar-refractivity contribution in [3.63, 3.8) is 0 Å². The summed E-state index contributed by atoms with van der Waals surface area (Å²) in [7, 11) is -3.77. The number of rotatable bonds is 3. The van der Waals surface area contributed by atoms with E-state index in [-0.39, 0.29) is 26.2 Å². The highest BCUT2D eigenvalue weighted by Crippen LogP contribution is 2.46. The second-order valence-corrected chi connectivity index (χ2v) is 6.62. The van der Waals surface area contributed by atoms with Gasteiger partial charge in [-0.15, -0.1) is 0 Å². The fraction of sp³-hybridized carbons (Fsp3) is 0.0909. The van der Waals surface area contributed by atoms with Gasteiger partial charge in [0, 0.05) is 5.69 Å². The third kappa shape index (κ3) is 3.89. The van der Waals surface area contributed by atoms with Gasteiger partial charge in [-0.25, -0.2) is 4.98 Å². The highest BCUT2D eigenvalue weighted by molar-refractivity contribution is 8.19. The lowest BCUT2D eigenvalue weighted by Gasteiger charge is -2.21. The van der Waals surface area contributed by atoms with Crippen LogP contribution >= 0.6 is 45.7 Å². The molecule has 1 aromatic heterocycles. The maximum atomic E-state index is 9.26. The molecule has 0 aliphatic heterocycles. The van der Waals surface area contributed by atoms with Crippen LogP contribution in [-0.2, 0) is 0 Å². The molecule has 2 aromatic rings. The Kier molecular flexibility index (Phi) is 4.84. The minimum absolute atomic E-state index is 0.0112. The van der Waals surface area contributed by atoms with Crippen molar-refractivity contribution >= 4 is 57.2 Å². The molecule has 6 nitrogen and oxygen atoms in total. The minimum Gasteiger partial charge on any atom is -0.339 e. The van der Waals surface area contributed by atoms with Crippen LogP contribution in [0.25, 0.3) is 0 Å². The number of halogens is 3. The van der Waals surface area contributed by atoms with Crippen LogP contribution in [0.5, 0.6) is 0 Å². The number of nitrogens with one attached hydrogen (secondary N) is 1. The molecule has 0 saturated carbocycles. The second kappa shape index (κ2) is 6.13. The molecule has 0 spiro atoms. The molecule has 0 unspecified atom stereocenters. The first-order valence-corrected chi connectivity index (χ1v) is 8.09. The summed E-state index contributed by atoms with van der Waals surface area (Å²) in [5.74, 6) is 0.212. The van der Waals surface area contributed by atoms with Gasteiger partial charge < -0.3 is 19.0 Å². The van der Waals surface area contributed by atoms with E-state index in [1.54, 1.807) is 13.0 Å². The van der Waals surface area contributed by atoms with E-state index in [9.17, 15) is 13.7 Å². The van der Waals surface area contributed by atoms with Gasteiger partial charge in [0.05, 0.1) is 4.90 Å². The third-order valence-electron chi connectivity index (χ3n) is 2.52. The van der Waals surface area contributed by atoms with Gasteiger partial charge in [-0.05, 0) is 42.3 Å². The summed E-state index contributed by atoms with van der Waals surface area (Å²) in [5.41, 5.74) is 1.03. The zero-order valence-electron chi connectivity index (χ0n) is 10.5.